The molecule has 0 aromatic rings. The summed E-state index contributed by atoms with van der Waals surface area (Å²) in [5, 5.41) is 0. The van der Waals surface area contributed by atoms with Crippen LogP contribution in [0.1, 0.15) is 26.7 Å². The Kier molecular flexibility index (Phi) is 1.18. The second-order valence-electron chi connectivity index (χ2n) is 4.71. The molecule has 64 valence electrons. The predicted molar refractivity (Wildman–Crippen MR) is 50.7 cm³/mol. The van der Waals surface area contributed by atoms with Crippen LogP contribution < -0.4 is 0 Å². The highest BCUT2D eigenvalue weighted by Crippen LogP contribution is 2.57. The summed E-state index contributed by atoms with van der Waals surface area (Å²) >= 11 is 0. The van der Waals surface area contributed by atoms with E-state index in [4.69, 9.17) is 0 Å². The van der Waals surface area contributed by atoms with Crippen LogP contribution in [-0.2, 0) is 0 Å². The Labute approximate surface area is 74.4 Å². The number of hydrogen-bond acceptors (Lipinski definition) is 0. The van der Waals surface area contributed by atoms with Gasteiger partial charge in [-0.25, -0.2) is 0 Å². The highest BCUT2D eigenvalue weighted by Gasteiger charge is 2.48. The van der Waals surface area contributed by atoms with Crippen molar-refractivity contribution in [1.82, 2.24) is 0 Å². The highest BCUT2D eigenvalue weighted by molar-refractivity contribution is 5.37. The van der Waals surface area contributed by atoms with Crippen molar-refractivity contribution in [3.8, 4) is 0 Å². The Bertz CT molecular complexity index is 254. The van der Waals surface area contributed by atoms with Gasteiger partial charge in [0.05, 0.1) is 0 Å². The zero-order valence-corrected chi connectivity index (χ0v) is 7.88. The van der Waals surface area contributed by atoms with Crippen LogP contribution in [0.4, 0.5) is 0 Å². The molecular formula is C12H16. The van der Waals surface area contributed by atoms with Gasteiger partial charge >= 0.3 is 0 Å². The molecule has 1 saturated carbocycles. The van der Waals surface area contributed by atoms with E-state index in [1.54, 1.807) is 11.1 Å². The van der Waals surface area contributed by atoms with E-state index in [9.17, 15) is 0 Å². The molecule has 12 heavy (non-hydrogen) atoms. The fourth-order valence-electron chi connectivity index (χ4n) is 3.60. The van der Waals surface area contributed by atoms with Gasteiger partial charge in [0.1, 0.15) is 0 Å². The SMILES string of the molecule is CC1=C(C)[C@@H]2[C@@H]1[C@H]1C=C[C@H]2CC1. The lowest BCUT2D eigenvalue weighted by molar-refractivity contribution is 0.143. The van der Waals surface area contributed by atoms with E-state index >= 15 is 0 Å². The van der Waals surface area contributed by atoms with Gasteiger partial charge in [-0.1, -0.05) is 23.3 Å². The van der Waals surface area contributed by atoms with Crippen LogP contribution in [0.3, 0.4) is 0 Å². The third kappa shape index (κ3) is 0.608. The molecule has 0 N–H and O–H groups in total. The molecule has 0 aromatic carbocycles. The molecule has 0 aromatic heterocycles. The molecule has 0 radical (unpaired) electrons. The average Bonchev–Trinajstić information content (AvgIpc) is 2.17. The number of fused-ring (bicyclic) bond motifs is 1. The van der Waals surface area contributed by atoms with Crippen molar-refractivity contribution in [3.63, 3.8) is 0 Å². The van der Waals surface area contributed by atoms with E-state index in [1.165, 1.54) is 12.8 Å². The summed E-state index contributed by atoms with van der Waals surface area (Å²) < 4.78 is 0. The van der Waals surface area contributed by atoms with Crippen molar-refractivity contribution < 1.29 is 0 Å². The minimum Gasteiger partial charge on any atom is -0.0845 e. The molecule has 0 heteroatoms. The Morgan fingerprint density at radius 2 is 1.33 bits per heavy atom. The highest BCUT2D eigenvalue weighted by atomic mass is 14.5. The van der Waals surface area contributed by atoms with Gasteiger partial charge in [0, 0.05) is 0 Å². The van der Waals surface area contributed by atoms with Crippen molar-refractivity contribution in [2.75, 3.05) is 0 Å². The maximum Gasteiger partial charge on any atom is -0.00691 e. The Balaban J connectivity index is 2.05. The van der Waals surface area contributed by atoms with Gasteiger partial charge in [-0.15, -0.1) is 0 Å². The first-order valence-electron chi connectivity index (χ1n) is 5.14. The summed E-state index contributed by atoms with van der Waals surface area (Å²) in [5.41, 5.74) is 3.41. The topological polar surface area (TPSA) is 0 Å². The van der Waals surface area contributed by atoms with Crippen LogP contribution in [-0.4, -0.2) is 0 Å². The van der Waals surface area contributed by atoms with E-state index < -0.39 is 0 Å². The lowest BCUT2D eigenvalue weighted by Crippen LogP contribution is -2.44. The van der Waals surface area contributed by atoms with Gasteiger partial charge in [-0.2, -0.15) is 0 Å². The zero-order valence-electron chi connectivity index (χ0n) is 7.88. The molecule has 1 fully saturated rings. The molecule has 0 saturated heterocycles. The van der Waals surface area contributed by atoms with Crippen molar-refractivity contribution in [1.29, 1.82) is 0 Å². The quantitative estimate of drug-likeness (QED) is 0.477. The molecule has 2 bridgehead atoms. The van der Waals surface area contributed by atoms with Crippen molar-refractivity contribution >= 4 is 0 Å². The minimum atomic E-state index is 0.906. The van der Waals surface area contributed by atoms with E-state index in [0.29, 0.717) is 0 Å². The lowest BCUT2D eigenvalue weighted by Gasteiger charge is -2.53. The third-order valence-electron chi connectivity index (χ3n) is 4.37. The molecule has 0 amide bonds. The van der Waals surface area contributed by atoms with E-state index in [2.05, 4.69) is 26.0 Å². The largest absolute Gasteiger partial charge is 0.0845 e. The van der Waals surface area contributed by atoms with Crippen LogP contribution in [0.5, 0.6) is 0 Å². The maximum absolute atomic E-state index is 2.48. The van der Waals surface area contributed by atoms with Gasteiger partial charge in [0.2, 0.25) is 0 Å². The van der Waals surface area contributed by atoms with Gasteiger partial charge in [0.25, 0.3) is 0 Å². The zero-order chi connectivity index (χ0) is 8.29. The number of hydrogen-bond donors (Lipinski definition) is 0. The summed E-state index contributed by atoms with van der Waals surface area (Å²) in [4.78, 5) is 0. The molecule has 4 aliphatic rings. The molecule has 0 nitrogen and oxygen atoms in total. The van der Waals surface area contributed by atoms with Gasteiger partial charge in [-0.05, 0) is 50.4 Å². The van der Waals surface area contributed by atoms with Crippen LogP contribution in [0.15, 0.2) is 23.3 Å². The molecule has 0 unspecified atom stereocenters. The van der Waals surface area contributed by atoms with Crippen LogP contribution in [0.2, 0.25) is 0 Å². The molecule has 0 spiro atoms. The fourth-order valence-corrected chi connectivity index (χ4v) is 3.60. The Morgan fingerprint density at radius 3 is 1.67 bits per heavy atom. The molecular weight excluding hydrogens is 144 g/mol. The predicted octanol–water partition coefficient (Wildman–Crippen LogP) is 3.16. The second kappa shape index (κ2) is 2.04. The standard InChI is InChI=1S/C12H16/c1-7-8(2)12-10-5-3-9(4-6-10)11(7)12/h3,5,9-12H,4,6H2,1-2H3/t9-,10-,11-,12-/m0/s1. The van der Waals surface area contributed by atoms with Crippen molar-refractivity contribution in [2.24, 2.45) is 23.7 Å². The fraction of sp³-hybridized carbons (Fsp3) is 0.667. The van der Waals surface area contributed by atoms with Crippen LogP contribution in [0.25, 0.3) is 0 Å². The van der Waals surface area contributed by atoms with Gasteiger partial charge in [0.15, 0.2) is 0 Å². The van der Waals surface area contributed by atoms with Crippen molar-refractivity contribution in [2.45, 2.75) is 26.7 Å². The molecule has 0 heterocycles. The lowest BCUT2D eigenvalue weighted by atomic mass is 9.51. The summed E-state index contributed by atoms with van der Waals surface area (Å²) in [5.74, 6) is 3.72. The third-order valence-corrected chi connectivity index (χ3v) is 4.37. The molecule has 4 rings (SSSR count). The monoisotopic (exact) mass is 160 g/mol. The van der Waals surface area contributed by atoms with Crippen LogP contribution >= 0.6 is 0 Å². The van der Waals surface area contributed by atoms with Gasteiger partial charge in [-0.3, -0.25) is 0 Å². The molecule has 4 aliphatic carbocycles. The number of allylic oxidation sites excluding steroid dienone is 4. The number of rotatable bonds is 0. The summed E-state index contributed by atoms with van der Waals surface area (Å²) in [6.07, 6.45) is 7.86. The van der Waals surface area contributed by atoms with E-state index in [0.717, 1.165) is 23.7 Å². The smallest absolute Gasteiger partial charge is 0.00691 e. The van der Waals surface area contributed by atoms with Crippen LogP contribution in [0, 0.1) is 23.7 Å². The molecule has 0 aliphatic heterocycles. The maximum atomic E-state index is 2.48. The summed E-state index contributed by atoms with van der Waals surface area (Å²) in [6.45, 7) is 4.68. The van der Waals surface area contributed by atoms with Gasteiger partial charge < -0.3 is 0 Å². The van der Waals surface area contributed by atoms with E-state index in [1.807, 2.05) is 0 Å². The summed E-state index contributed by atoms with van der Waals surface area (Å²) in [7, 11) is 0. The summed E-state index contributed by atoms with van der Waals surface area (Å²) in [6, 6.07) is 0. The first-order chi connectivity index (χ1) is 5.79. The minimum absolute atomic E-state index is 0.906. The average molecular weight is 160 g/mol. The second-order valence-corrected chi connectivity index (χ2v) is 4.71. The Morgan fingerprint density at radius 1 is 0.917 bits per heavy atom. The van der Waals surface area contributed by atoms with Crippen molar-refractivity contribution in [3.05, 3.63) is 23.3 Å². The first kappa shape index (κ1) is 6.94. The Hall–Kier alpha value is -0.520. The first-order valence-corrected chi connectivity index (χ1v) is 5.14. The molecule has 4 atom stereocenters. The van der Waals surface area contributed by atoms with E-state index in [-0.39, 0.29) is 0 Å². The normalized spacial score (nSPS) is 49.2.